The highest BCUT2D eigenvalue weighted by atomic mass is 16.3. The Kier molecular flexibility index (Phi) is 2.12. The van der Waals surface area contributed by atoms with Gasteiger partial charge in [-0.25, -0.2) is 0 Å². The van der Waals surface area contributed by atoms with Gasteiger partial charge < -0.3 is 5.11 Å². The summed E-state index contributed by atoms with van der Waals surface area (Å²) in [5.41, 5.74) is 0. The fraction of sp³-hybridized carbons (Fsp3) is 1.00. The molecule has 1 rings (SSSR count). The van der Waals surface area contributed by atoms with Crippen molar-refractivity contribution in [1.29, 1.82) is 0 Å². The van der Waals surface area contributed by atoms with E-state index in [2.05, 4.69) is 13.8 Å². The van der Waals surface area contributed by atoms with Gasteiger partial charge >= 0.3 is 0 Å². The second kappa shape index (κ2) is 2.70. The topological polar surface area (TPSA) is 20.2 Å². The lowest BCUT2D eigenvalue weighted by atomic mass is 10.0. The molecule has 9 heavy (non-hydrogen) atoms. The van der Waals surface area contributed by atoms with Gasteiger partial charge in [0.15, 0.2) is 0 Å². The monoisotopic (exact) mass is 128 g/mol. The largest absolute Gasteiger partial charge is 0.393 e. The zero-order valence-electron chi connectivity index (χ0n) is 6.30. The van der Waals surface area contributed by atoms with Gasteiger partial charge in [-0.15, -0.1) is 0 Å². The van der Waals surface area contributed by atoms with Gasteiger partial charge in [-0.05, 0) is 31.1 Å². The van der Waals surface area contributed by atoms with Crippen LogP contribution >= 0.6 is 0 Å². The molecule has 1 N–H and O–H groups in total. The summed E-state index contributed by atoms with van der Waals surface area (Å²) in [5, 5.41) is 9.36. The van der Waals surface area contributed by atoms with Crippen molar-refractivity contribution in [2.45, 2.75) is 39.2 Å². The van der Waals surface area contributed by atoms with Crippen LogP contribution in [-0.4, -0.2) is 11.2 Å². The number of rotatable bonds is 3. The maximum atomic E-state index is 9.36. The smallest absolute Gasteiger partial charge is 0.0570 e. The SMILES string of the molecule is CC(C)C[C@@H](O)C1CC1. The lowest BCUT2D eigenvalue weighted by Crippen LogP contribution is -2.11. The first-order chi connectivity index (χ1) is 4.20. The van der Waals surface area contributed by atoms with E-state index in [1.807, 2.05) is 0 Å². The van der Waals surface area contributed by atoms with Crippen LogP contribution in [0.5, 0.6) is 0 Å². The Morgan fingerprint density at radius 1 is 1.44 bits per heavy atom. The Hall–Kier alpha value is -0.0400. The van der Waals surface area contributed by atoms with Crippen LogP contribution in [0.3, 0.4) is 0 Å². The van der Waals surface area contributed by atoms with Crippen LogP contribution in [0.1, 0.15) is 33.1 Å². The van der Waals surface area contributed by atoms with Gasteiger partial charge in [-0.3, -0.25) is 0 Å². The molecule has 1 aliphatic carbocycles. The molecule has 0 radical (unpaired) electrons. The van der Waals surface area contributed by atoms with E-state index in [0.717, 1.165) is 6.42 Å². The average molecular weight is 128 g/mol. The van der Waals surface area contributed by atoms with Crippen molar-refractivity contribution in [3.63, 3.8) is 0 Å². The van der Waals surface area contributed by atoms with Gasteiger partial charge in [0.2, 0.25) is 0 Å². The molecule has 0 spiro atoms. The summed E-state index contributed by atoms with van der Waals surface area (Å²) in [6.07, 6.45) is 3.51. The fourth-order valence-electron chi connectivity index (χ4n) is 1.16. The summed E-state index contributed by atoms with van der Waals surface area (Å²) in [7, 11) is 0. The third kappa shape index (κ3) is 2.35. The molecule has 0 unspecified atom stereocenters. The Balaban J connectivity index is 2.10. The zero-order chi connectivity index (χ0) is 6.85. The minimum atomic E-state index is 0.00463. The predicted molar refractivity (Wildman–Crippen MR) is 38.2 cm³/mol. The summed E-state index contributed by atoms with van der Waals surface area (Å²) in [5.74, 6) is 1.31. The molecule has 54 valence electrons. The van der Waals surface area contributed by atoms with Gasteiger partial charge in [-0.2, -0.15) is 0 Å². The van der Waals surface area contributed by atoms with Gasteiger partial charge in [0.25, 0.3) is 0 Å². The summed E-state index contributed by atoms with van der Waals surface area (Å²) < 4.78 is 0. The molecule has 1 saturated carbocycles. The molecule has 0 saturated heterocycles. The first kappa shape index (κ1) is 7.07. The Morgan fingerprint density at radius 2 is 2.00 bits per heavy atom. The van der Waals surface area contributed by atoms with Crippen LogP contribution in [0.25, 0.3) is 0 Å². The lowest BCUT2D eigenvalue weighted by Gasteiger charge is -2.10. The first-order valence-electron chi connectivity index (χ1n) is 3.88. The first-order valence-corrected chi connectivity index (χ1v) is 3.88. The lowest BCUT2D eigenvalue weighted by molar-refractivity contribution is 0.127. The molecule has 0 amide bonds. The Bertz CT molecular complexity index is 84.6. The molecule has 1 heteroatoms. The highest BCUT2D eigenvalue weighted by Gasteiger charge is 2.29. The van der Waals surface area contributed by atoms with Crippen LogP contribution < -0.4 is 0 Å². The maximum absolute atomic E-state index is 9.36. The zero-order valence-corrected chi connectivity index (χ0v) is 6.30. The summed E-state index contributed by atoms with van der Waals surface area (Å²) in [6, 6.07) is 0. The van der Waals surface area contributed by atoms with E-state index in [9.17, 15) is 5.11 Å². The van der Waals surface area contributed by atoms with Crippen LogP contribution in [0.4, 0.5) is 0 Å². The van der Waals surface area contributed by atoms with Crippen molar-refractivity contribution < 1.29 is 5.11 Å². The maximum Gasteiger partial charge on any atom is 0.0570 e. The third-order valence-electron chi connectivity index (χ3n) is 1.88. The highest BCUT2D eigenvalue weighted by molar-refractivity contribution is 4.81. The van der Waals surface area contributed by atoms with Crippen molar-refractivity contribution in [2.24, 2.45) is 11.8 Å². The van der Waals surface area contributed by atoms with Crippen molar-refractivity contribution in [2.75, 3.05) is 0 Å². The van der Waals surface area contributed by atoms with E-state index in [4.69, 9.17) is 0 Å². The molecule has 1 fully saturated rings. The molecular weight excluding hydrogens is 112 g/mol. The fourth-order valence-corrected chi connectivity index (χ4v) is 1.16. The van der Waals surface area contributed by atoms with Crippen LogP contribution in [0, 0.1) is 11.8 Å². The molecule has 0 aliphatic heterocycles. The molecular formula is C8H16O. The van der Waals surface area contributed by atoms with Crippen LogP contribution in [-0.2, 0) is 0 Å². The van der Waals surface area contributed by atoms with Crippen LogP contribution in [0.2, 0.25) is 0 Å². The van der Waals surface area contributed by atoms with Crippen molar-refractivity contribution >= 4 is 0 Å². The number of aliphatic hydroxyl groups excluding tert-OH is 1. The molecule has 0 bridgehead atoms. The molecule has 1 aliphatic rings. The van der Waals surface area contributed by atoms with Gasteiger partial charge in [0.1, 0.15) is 0 Å². The summed E-state index contributed by atoms with van der Waals surface area (Å²) >= 11 is 0. The Morgan fingerprint density at radius 3 is 2.33 bits per heavy atom. The average Bonchev–Trinajstić information content (AvgIpc) is 2.40. The summed E-state index contributed by atoms with van der Waals surface area (Å²) in [4.78, 5) is 0. The molecule has 0 aromatic heterocycles. The van der Waals surface area contributed by atoms with Gasteiger partial charge in [-0.1, -0.05) is 13.8 Å². The quantitative estimate of drug-likeness (QED) is 0.614. The number of aliphatic hydroxyl groups is 1. The van der Waals surface area contributed by atoms with E-state index < -0.39 is 0 Å². The predicted octanol–water partition coefficient (Wildman–Crippen LogP) is 1.80. The molecule has 1 nitrogen and oxygen atoms in total. The van der Waals surface area contributed by atoms with Gasteiger partial charge in [0, 0.05) is 0 Å². The van der Waals surface area contributed by atoms with E-state index in [-0.39, 0.29) is 6.10 Å². The van der Waals surface area contributed by atoms with Crippen LogP contribution in [0.15, 0.2) is 0 Å². The second-order valence-corrected chi connectivity index (χ2v) is 3.53. The van der Waals surface area contributed by atoms with E-state index in [0.29, 0.717) is 11.8 Å². The second-order valence-electron chi connectivity index (χ2n) is 3.53. The number of hydrogen-bond acceptors (Lipinski definition) is 1. The highest BCUT2D eigenvalue weighted by Crippen LogP contribution is 2.34. The minimum absolute atomic E-state index is 0.00463. The van der Waals surface area contributed by atoms with Crippen molar-refractivity contribution in [1.82, 2.24) is 0 Å². The molecule has 1 atom stereocenters. The normalized spacial score (nSPS) is 22.7. The molecule has 0 aromatic carbocycles. The molecule has 0 heterocycles. The summed E-state index contributed by atoms with van der Waals surface area (Å²) in [6.45, 7) is 4.32. The van der Waals surface area contributed by atoms with E-state index >= 15 is 0 Å². The van der Waals surface area contributed by atoms with E-state index in [1.54, 1.807) is 0 Å². The Labute approximate surface area is 57.1 Å². The van der Waals surface area contributed by atoms with E-state index in [1.165, 1.54) is 12.8 Å². The van der Waals surface area contributed by atoms with Crippen molar-refractivity contribution in [3.8, 4) is 0 Å². The minimum Gasteiger partial charge on any atom is -0.393 e. The van der Waals surface area contributed by atoms with Crippen molar-refractivity contribution in [3.05, 3.63) is 0 Å². The number of hydrogen-bond donors (Lipinski definition) is 1. The van der Waals surface area contributed by atoms with Gasteiger partial charge in [0.05, 0.1) is 6.10 Å². The standard InChI is InChI=1S/C8H16O/c1-6(2)5-8(9)7-3-4-7/h6-9H,3-5H2,1-2H3/t8-/m1/s1. The molecule has 0 aromatic rings. The third-order valence-corrected chi connectivity index (χ3v) is 1.88.